The number of nitrogens with zero attached hydrogens (tertiary/aromatic N) is 1. The highest BCUT2D eigenvalue weighted by Crippen LogP contribution is 2.16. The zero-order valence-corrected chi connectivity index (χ0v) is 13.6. The third-order valence-electron chi connectivity index (χ3n) is 3.29. The predicted molar refractivity (Wildman–Crippen MR) is 92.7 cm³/mol. The van der Waals surface area contributed by atoms with Gasteiger partial charge < -0.3 is 15.5 Å². The molecule has 2 aromatic carbocycles. The van der Waals surface area contributed by atoms with Crippen LogP contribution >= 0.6 is 0 Å². The van der Waals surface area contributed by atoms with E-state index in [9.17, 15) is 9.59 Å². The Balaban J connectivity index is 1.98. The second-order valence-electron chi connectivity index (χ2n) is 5.58. The number of rotatable bonds is 4. The average Bonchev–Trinajstić information content (AvgIpc) is 2.50. The Morgan fingerprint density at radius 1 is 0.826 bits per heavy atom. The highest BCUT2D eigenvalue weighted by Gasteiger charge is 2.04. The highest BCUT2D eigenvalue weighted by atomic mass is 16.2. The molecule has 5 heteroatoms. The van der Waals surface area contributed by atoms with E-state index < -0.39 is 0 Å². The summed E-state index contributed by atoms with van der Waals surface area (Å²) < 4.78 is 0. The quantitative estimate of drug-likeness (QED) is 0.910. The van der Waals surface area contributed by atoms with E-state index in [1.54, 1.807) is 14.1 Å². The zero-order valence-electron chi connectivity index (χ0n) is 13.6. The lowest BCUT2D eigenvalue weighted by Crippen LogP contribution is -2.27. The minimum Gasteiger partial charge on any atom is -0.331 e. The van der Waals surface area contributed by atoms with Crippen LogP contribution in [-0.4, -0.2) is 30.9 Å². The van der Waals surface area contributed by atoms with Crippen molar-refractivity contribution in [1.82, 2.24) is 4.90 Å². The van der Waals surface area contributed by atoms with Crippen LogP contribution in [0.2, 0.25) is 0 Å². The van der Waals surface area contributed by atoms with Crippen molar-refractivity contribution >= 4 is 23.3 Å². The van der Waals surface area contributed by atoms with Crippen molar-refractivity contribution in [2.45, 2.75) is 13.3 Å². The minimum atomic E-state index is -0.147. The Kier molecular flexibility index (Phi) is 5.36. The Morgan fingerprint density at radius 2 is 1.26 bits per heavy atom. The molecule has 120 valence electrons. The molecule has 0 aliphatic rings. The largest absolute Gasteiger partial charge is 0.331 e. The maximum Gasteiger partial charge on any atom is 0.321 e. The van der Waals surface area contributed by atoms with Gasteiger partial charge in [0, 0.05) is 32.4 Å². The summed E-state index contributed by atoms with van der Waals surface area (Å²) in [6.45, 7) is 1.49. The lowest BCUT2D eigenvalue weighted by Gasteiger charge is -2.12. The van der Waals surface area contributed by atoms with Crippen LogP contribution in [0.25, 0.3) is 0 Å². The van der Waals surface area contributed by atoms with E-state index in [4.69, 9.17) is 0 Å². The number of carbonyl (C=O) groups excluding carboxylic acids is 2. The number of urea groups is 1. The molecule has 3 amide bonds. The van der Waals surface area contributed by atoms with E-state index in [-0.39, 0.29) is 11.9 Å². The molecule has 5 nitrogen and oxygen atoms in total. The molecule has 2 rings (SSSR count). The number of benzene rings is 2. The molecule has 0 spiro atoms. The highest BCUT2D eigenvalue weighted by molar-refractivity contribution is 5.89. The normalized spacial score (nSPS) is 10.0. The summed E-state index contributed by atoms with van der Waals surface area (Å²) in [7, 11) is 3.41. The number of hydrogen-bond donors (Lipinski definition) is 2. The fraction of sp³-hybridized carbons (Fsp3) is 0.222. The van der Waals surface area contributed by atoms with Crippen LogP contribution in [0.3, 0.4) is 0 Å². The summed E-state index contributed by atoms with van der Waals surface area (Å²) in [5, 5.41) is 5.55. The summed E-state index contributed by atoms with van der Waals surface area (Å²) >= 11 is 0. The SMILES string of the molecule is CC(=O)Nc1ccc(Cc2ccc(NC(=O)N(C)C)cc2)cc1. The standard InChI is InChI=1S/C18H21N3O2/c1-13(22)19-16-8-4-14(5-9-16)12-15-6-10-17(11-7-15)20-18(23)21(2)3/h4-11H,12H2,1-3H3,(H,19,22)(H,20,23). The lowest BCUT2D eigenvalue weighted by molar-refractivity contribution is -0.114. The Labute approximate surface area is 136 Å². The van der Waals surface area contributed by atoms with Gasteiger partial charge in [-0.15, -0.1) is 0 Å². The van der Waals surface area contributed by atoms with E-state index in [2.05, 4.69) is 10.6 Å². The number of nitrogens with one attached hydrogen (secondary N) is 2. The Bertz CT molecular complexity index is 676. The van der Waals surface area contributed by atoms with Crippen LogP contribution in [0.5, 0.6) is 0 Å². The Hall–Kier alpha value is -2.82. The van der Waals surface area contributed by atoms with Gasteiger partial charge >= 0.3 is 6.03 Å². The van der Waals surface area contributed by atoms with Gasteiger partial charge in [-0.3, -0.25) is 4.79 Å². The second kappa shape index (κ2) is 7.45. The van der Waals surface area contributed by atoms with Crippen LogP contribution < -0.4 is 10.6 Å². The van der Waals surface area contributed by atoms with Gasteiger partial charge in [0.1, 0.15) is 0 Å². The predicted octanol–water partition coefficient (Wildman–Crippen LogP) is 3.33. The molecule has 0 atom stereocenters. The minimum absolute atomic E-state index is 0.0758. The van der Waals surface area contributed by atoms with E-state index in [1.807, 2.05) is 48.5 Å². The molecule has 0 saturated heterocycles. The average molecular weight is 311 g/mol. The van der Waals surface area contributed by atoms with Gasteiger partial charge in [-0.1, -0.05) is 24.3 Å². The summed E-state index contributed by atoms with van der Waals surface area (Å²) in [4.78, 5) is 24.1. The molecule has 0 heterocycles. The zero-order chi connectivity index (χ0) is 16.8. The molecule has 2 N–H and O–H groups in total. The monoisotopic (exact) mass is 311 g/mol. The van der Waals surface area contributed by atoms with Gasteiger partial charge in [0.25, 0.3) is 0 Å². The maximum atomic E-state index is 11.6. The fourth-order valence-corrected chi connectivity index (χ4v) is 2.09. The number of hydrogen-bond acceptors (Lipinski definition) is 2. The number of anilines is 2. The number of amides is 3. The van der Waals surface area contributed by atoms with Crippen molar-refractivity contribution in [3.05, 3.63) is 59.7 Å². The van der Waals surface area contributed by atoms with Gasteiger partial charge in [-0.05, 0) is 41.8 Å². The molecule has 0 unspecified atom stereocenters. The van der Waals surface area contributed by atoms with Crippen molar-refractivity contribution in [2.24, 2.45) is 0 Å². The molecule has 0 aliphatic carbocycles. The molecule has 0 aromatic heterocycles. The van der Waals surface area contributed by atoms with Crippen LogP contribution in [0, 0.1) is 0 Å². The third kappa shape index (κ3) is 5.14. The molecule has 0 radical (unpaired) electrons. The summed E-state index contributed by atoms with van der Waals surface area (Å²) in [5.74, 6) is -0.0758. The number of carbonyl (C=O) groups is 2. The molecule has 0 fully saturated rings. The molecular formula is C18H21N3O2. The van der Waals surface area contributed by atoms with E-state index in [1.165, 1.54) is 11.8 Å². The van der Waals surface area contributed by atoms with Crippen molar-refractivity contribution in [1.29, 1.82) is 0 Å². The summed E-state index contributed by atoms with van der Waals surface area (Å²) in [6, 6.07) is 15.4. The smallest absolute Gasteiger partial charge is 0.321 e. The molecule has 23 heavy (non-hydrogen) atoms. The van der Waals surface area contributed by atoms with Crippen molar-refractivity contribution in [3.63, 3.8) is 0 Å². The van der Waals surface area contributed by atoms with Gasteiger partial charge in [-0.2, -0.15) is 0 Å². The van der Waals surface area contributed by atoms with Crippen LogP contribution in [0.1, 0.15) is 18.1 Å². The molecule has 0 bridgehead atoms. The first-order valence-electron chi connectivity index (χ1n) is 7.38. The molecular weight excluding hydrogens is 290 g/mol. The third-order valence-corrected chi connectivity index (χ3v) is 3.29. The summed E-state index contributed by atoms with van der Waals surface area (Å²) in [6.07, 6.45) is 0.794. The van der Waals surface area contributed by atoms with Crippen molar-refractivity contribution in [2.75, 3.05) is 24.7 Å². The molecule has 0 saturated carbocycles. The first-order chi connectivity index (χ1) is 10.9. The first-order valence-corrected chi connectivity index (χ1v) is 7.38. The van der Waals surface area contributed by atoms with Gasteiger partial charge in [-0.25, -0.2) is 4.79 Å². The van der Waals surface area contributed by atoms with Gasteiger partial charge in [0.2, 0.25) is 5.91 Å². The Morgan fingerprint density at radius 3 is 1.65 bits per heavy atom. The first kappa shape index (κ1) is 16.5. The van der Waals surface area contributed by atoms with Crippen molar-refractivity contribution < 1.29 is 9.59 Å². The fourth-order valence-electron chi connectivity index (χ4n) is 2.09. The van der Waals surface area contributed by atoms with Crippen LogP contribution in [0.15, 0.2) is 48.5 Å². The lowest BCUT2D eigenvalue weighted by atomic mass is 10.0. The maximum absolute atomic E-state index is 11.6. The summed E-state index contributed by atoms with van der Waals surface area (Å²) in [5.41, 5.74) is 3.88. The van der Waals surface area contributed by atoms with Gasteiger partial charge in [0.05, 0.1) is 0 Å². The second-order valence-corrected chi connectivity index (χ2v) is 5.58. The van der Waals surface area contributed by atoms with E-state index >= 15 is 0 Å². The topological polar surface area (TPSA) is 61.4 Å². The molecule has 2 aromatic rings. The van der Waals surface area contributed by atoms with Crippen molar-refractivity contribution in [3.8, 4) is 0 Å². The van der Waals surface area contributed by atoms with E-state index in [0.717, 1.165) is 28.9 Å². The molecule has 0 aliphatic heterocycles. The van der Waals surface area contributed by atoms with Crippen LogP contribution in [-0.2, 0) is 11.2 Å². The van der Waals surface area contributed by atoms with Crippen LogP contribution in [0.4, 0.5) is 16.2 Å². The van der Waals surface area contributed by atoms with Gasteiger partial charge in [0.15, 0.2) is 0 Å². The van der Waals surface area contributed by atoms with E-state index in [0.29, 0.717) is 0 Å².